The van der Waals surface area contributed by atoms with E-state index in [4.69, 9.17) is 29.4 Å². The summed E-state index contributed by atoms with van der Waals surface area (Å²) >= 11 is 0. The van der Waals surface area contributed by atoms with E-state index in [1.165, 1.54) is 0 Å². The van der Waals surface area contributed by atoms with Crippen LogP contribution in [-0.2, 0) is 28.5 Å². The standard InChI is InChI=1S/C20H35N3O6/c1-20(2,3)29-19(24)6-8-25-10-12-27-14-15-28-13-11-26-9-7-22-18-5-4-17(21)16-23-18/h4-5,16H,6-15,21H2,1-3H3,(H,22,23). The van der Waals surface area contributed by atoms with Crippen LogP contribution in [0.3, 0.4) is 0 Å². The van der Waals surface area contributed by atoms with Gasteiger partial charge in [-0.25, -0.2) is 4.98 Å². The number of anilines is 2. The van der Waals surface area contributed by atoms with E-state index in [1.54, 1.807) is 12.3 Å². The van der Waals surface area contributed by atoms with Crippen molar-refractivity contribution < 1.29 is 28.5 Å². The number of nitrogens with zero attached hydrogens (tertiary/aromatic N) is 1. The van der Waals surface area contributed by atoms with Gasteiger partial charge in [0, 0.05) is 6.54 Å². The summed E-state index contributed by atoms with van der Waals surface area (Å²) in [5.74, 6) is 0.511. The topological polar surface area (TPSA) is 114 Å². The fraction of sp³-hybridized carbons (Fsp3) is 0.700. The highest BCUT2D eigenvalue weighted by Crippen LogP contribution is 2.08. The largest absolute Gasteiger partial charge is 0.460 e. The van der Waals surface area contributed by atoms with Gasteiger partial charge >= 0.3 is 5.97 Å². The van der Waals surface area contributed by atoms with Crippen LogP contribution in [0.15, 0.2) is 18.3 Å². The fourth-order valence-electron chi connectivity index (χ4n) is 2.07. The van der Waals surface area contributed by atoms with Gasteiger partial charge in [-0.05, 0) is 32.9 Å². The minimum Gasteiger partial charge on any atom is -0.460 e. The molecule has 1 aromatic rings. The molecule has 0 saturated heterocycles. The maximum Gasteiger partial charge on any atom is 0.308 e. The minimum absolute atomic E-state index is 0.242. The lowest BCUT2D eigenvalue weighted by Crippen LogP contribution is -2.24. The number of carbonyl (C=O) groups is 1. The molecular weight excluding hydrogens is 378 g/mol. The second-order valence-corrected chi connectivity index (χ2v) is 7.19. The summed E-state index contributed by atoms with van der Waals surface area (Å²) in [6.45, 7) is 9.97. The lowest BCUT2D eigenvalue weighted by atomic mass is 10.2. The second kappa shape index (κ2) is 15.0. The van der Waals surface area contributed by atoms with E-state index in [1.807, 2.05) is 26.8 Å². The Kier molecular flexibility index (Phi) is 13.0. The summed E-state index contributed by atoms with van der Waals surface area (Å²) in [6, 6.07) is 3.62. The van der Waals surface area contributed by atoms with Gasteiger partial charge in [0.25, 0.3) is 0 Å². The third-order valence-electron chi connectivity index (χ3n) is 3.33. The zero-order valence-electron chi connectivity index (χ0n) is 17.8. The molecule has 0 aliphatic heterocycles. The van der Waals surface area contributed by atoms with Gasteiger partial charge in [0.1, 0.15) is 11.4 Å². The summed E-state index contributed by atoms with van der Waals surface area (Å²) in [5.41, 5.74) is 5.75. The van der Waals surface area contributed by atoms with Crippen LogP contribution in [0.4, 0.5) is 11.5 Å². The van der Waals surface area contributed by atoms with Gasteiger partial charge < -0.3 is 34.7 Å². The van der Waals surface area contributed by atoms with Crippen LogP contribution in [0.25, 0.3) is 0 Å². The number of carbonyl (C=O) groups excluding carboxylic acids is 1. The molecule has 0 fully saturated rings. The number of esters is 1. The highest BCUT2D eigenvalue weighted by atomic mass is 16.6. The molecule has 0 spiro atoms. The maximum absolute atomic E-state index is 11.5. The lowest BCUT2D eigenvalue weighted by molar-refractivity contribution is -0.156. The minimum atomic E-state index is -0.461. The predicted molar refractivity (Wildman–Crippen MR) is 111 cm³/mol. The Morgan fingerprint density at radius 1 is 0.931 bits per heavy atom. The van der Waals surface area contributed by atoms with E-state index in [9.17, 15) is 4.79 Å². The van der Waals surface area contributed by atoms with Gasteiger partial charge in [0.15, 0.2) is 0 Å². The molecular formula is C20H35N3O6. The molecule has 0 bridgehead atoms. The third kappa shape index (κ3) is 15.6. The van der Waals surface area contributed by atoms with Gasteiger partial charge in [0.05, 0.1) is 71.2 Å². The number of aromatic nitrogens is 1. The molecule has 0 aliphatic rings. The molecule has 0 aromatic carbocycles. The van der Waals surface area contributed by atoms with Crippen molar-refractivity contribution in [1.82, 2.24) is 4.98 Å². The molecule has 1 aromatic heterocycles. The highest BCUT2D eigenvalue weighted by Gasteiger charge is 2.15. The number of nitrogens with one attached hydrogen (secondary N) is 1. The van der Waals surface area contributed by atoms with Crippen LogP contribution in [0.5, 0.6) is 0 Å². The van der Waals surface area contributed by atoms with Crippen molar-refractivity contribution in [2.75, 3.05) is 70.5 Å². The summed E-state index contributed by atoms with van der Waals surface area (Å²) in [6.07, 6.45) is 1.85. The molecule has 0 saturated carbocycles. The van der Waals surface area contributed by atoms with Gasteiger partial charge in [0.2, 0.25) is 0 Å². The Hall–Kier alpha value is -1.94. The molecule has 0 unspecified atom stereocenters. The summed E-state index contributed by atoms with van der Waals surface area (Å²) in [4.78, 5) is 15.6. The van der Waals surface area contributed by atoms with Crippen LogP contribution < -0.4 is 11.1 Å². The molecule has 0 aliphatic carbocycles. The van der Waals surface area contributed by atoms with Crippen molar-refractivity contribution in [1.29, 1.82) is 0 Å². The van der Waals surface area contributed by atoms with Crippen LogP contribution >= 0.6 is 0 Å². The Bertz CT molecular complexity index is 548. The van der Waals surface area contributed by atoms with Gasteiger partial charge in [-0.1, -0.05) is 0 Å². The molecule has 9 nitrogen and oxygen atoms in total. The van der Waals surface area contributed by atoms with Crippen molar-refractivity contribution in [3.05, 3.63) is 18.3 Å². The Morgan fingerprint density at radius 2 is 1.48 bits per heavy atom. The van der Waals surface area contributed by atoms with Crippen molar-refractivity contribution in [2.45, 2.75) is 32.8 Å². The molecule has 29 heavy (non-hydrogen) atoms. The van der Waals surface area contributed by atoms with Gasteiger partial charge in [-0.2, -0.15) is 0 Å². The average molecular weight is 414 g/mol. The van der Waals surface area contributed by atoms with Gasteiger partial charge in [-0.15, -0.1) is 0 Å². The van der Waals surface area contributed by atoms with Crippen molar-refractivity contribution >= 4 is 17.5 Å². The molecule has 1 rings (SSSR count). The zero-order valence-corrected chi connectivity index (χ0v) is 17.8. The first-order chi connectivity index (χ1) is 13.9. The molecule has 0 radical (unpaired) electrons. The molecule has 3 N–H and O–H groups in total. The number of nitrogen functional groups attached to an aromatic ring is 1. The fourth-order valence-corrected chi connectivity index (χ4v) is 2.07. The van der Waals surface area contributed by atoms with E-state index >= 15 is 0 Å². The van der Waals surface area contributed by atoms with Crippen molar-refractivity contribution in [3.8, 4) is 0 Å². The smallest absolute Gasteiger partial charge is 0.308 e. The number of nitrogens with two attached hydrogens (primary N) is 1. The second-order valence-electron chi connectivity index (χ2n) is 7.19. The van der Waals surface area contributed by atoms with Crippen LogP contribution in [0, 0.1) is 0 Å². The predicted octanol–water partition coefficient (Wildman–Crippen LogP) is 1.87. The van der Waals surface area contributed by atoms with E-state index < -0.39 is 5.60 Å². The Morgan fingerprint density at radius 3 is 2.00 bits per heavy atom. The summed E-state index contributed by atoms with van der Waals surface area (Å²) < 4.78 is 26.8. The van der Waals surface area contributed by atoms with E-state index in [-0.39, 0.29) is 12.4 Å². The van der Waals surface area contributed by atoms with Crippen LogP contribution in [0.1, 0.15) is 27.2 Å². The maximum atomic E-state index is 11.5. The van der Waals surface area contributed by atoms with Crippen LogP contribution in [-0.4, -0.2) is 76.0 Å². The highest BCUT2D eigenvalue weighted by molar-refractivity contribution is 5.69. The summed E-state index contributed by atoms with van der Waals surface area (Å²) in [5, 5.41) is 3.14. The van der Waals surface area contributed by atoms with E-state index in [0.29, 0.717) is 65.1 Å². The molecule has 9 heteroatoms. The quantitative estimate of drug-likeness (QED) is 0.310. The molecule has 166 valence electrons. The normalized spacial score (nSPS) is 11.4. The van der Waals surface area contributed by atoms with E-state index in [2.05, 4.69) is 10.3 Å². The van der Waals surface area contributed by atoms with Crippen molar-refractivity contribution in [3.63, 3.8) is 0 Å². The first-order valence-electron chi connectivity index (χ1n) is 9.85. The number of hydrogen-bond donors (Lipinski definition) is 2. The molecule has 1 heterocycles. The zero-order chi connectivity index (χ0) is 21.4. The van der Waals surface area contributed by atoms with E-state index in [0.717, 1.165) is 5.82 Å². The SMILES string of the molecule is CC(C)(C)OC(=O)CCOCCOCCOCCOCCNc1ccc(N)cn1. The van der Waals surface area contributed by atoms with Crippen molar-refractivity contribution in [2.24, 2.45) is 0 Å². The number of rotatable bonds is 16. The third-order valence-corrected chi connectivity index (χ3v) is 3.33. The monoisotopic (exact) mass is 413 g/mol. The Labute approximate surface area is 173 Å². The Balaban J connectivity index is 1.78. The molecule has 0 atom stereocenters. The summed E-state index contributed by atoms with van der Waals surface area (Å²) in [7, 11) is 0. The number of hydrogen-bond acceptors (Lipinski definition) is 9. The van der Waals surface area contributed by atoms with Gasteiger partial charge in [-0.3, -0.25) is 4.79 Å². The molecule has 0 amide bonds. The first kappa shape index (κ1) is 25.1. The lowest BCUT2D eigenvalue weighted by Gasteiger charge is -2.19. The number of pyridine rings is 1. The first-order valence-corrected chi connectivity index (χ1v) is 9.85. The number of ether oxygens (including phenoxy) is 5. The van der Waals surface area contributed by atoms with Crippen LogP contribution in [0.2, 0.25) is 0 Å². The average Bonchev–Trinajstić information content (AvgIpc) is 2.65.